The lowest BCUT2D eigenvalue weighted by atomic mass is 9.86. The van der Waals surface area contributed by atoms with Gasteiger partial charge < -0.3 is 4.74 Å². The van der Waals surface area contributed by atoms with Gasteiger partial charge in [0.05, 0.1) is 5.69 Å². The van der Waals surface area contributed by atoms with Gasteiger partial charge in [0, 0.05) is 7.05 Å². The molecule has 0 aliphatic carbocycles. The number of aryl methyl sites for hydroxylation is 1. The van der Waals surface area contributed by atoms with Crippen LogP contribution < -0.4 is 10.4 Å². The maximum absolute atomic E-state index is 12.4. The molecular weight excluding hydrogens is 266 g/mol. The molecule has 0 amide bonds. The predicted molar refractivity (Wildman–Crippen MR) is 81.2 cm³/mol. The quantitative estimate of drug-likeness (QED) is 0.748. The maximum atomic E-state index is 12.4. The highest BCUT2D eigenvalue weighted by Gasteiger charge is 2.37. The molecule has 0 saturated carbocycles. The van der Waals surface area contributed by atoms with Crippen molar-refractivity contribution in [1.82, 2.24) is 14.3 Å². The van der Waals surface area contributed by atoms with Crippen LogP contribution >= 0.6 is 0 Å². The molecule has 0 saturated heterocycles. The van der Waals surface area contributed by atoms with Crippen LogP contribution in [-0.4, -0.2) is 14.3 Å². The molecule has 21 heavy (non-hydrogen) atoms. The first-order valence-electron chi connectivity index (χ1n) is 7.12. The van der Waals surface area contributed by atoms with E-state index in [9.17, 15) is 4.79 Å². The van der Waals surface area contributed by atoms with E-state index in [0.29, 0.717) is 5.82 Å². The summed E-state index contributed by atoms with van der Waals surface area (Å²) < 4.78 is 9.07. The number of hydrogen-bond donors (Lipinski definition) is 0. The third-order valence-corrected chi connectivity index (χ3v) is 3.89. The fraction of sp³-hybridized carbons (Fsp3) is 0.500. The average Bonchev–Trinajstić information content (AvgIpc) is 2.65. The Bertz CT molecular complexity index is 776. The van der Waals surface area contributed by atoms with Gasteiger partial charge in [0.25, 0.3) is 0 Å². The van der Waals surface area contributed by atoms with Crippen LogP contribution in [0.5, 0.6) is 5.75 Å². The molecule has 0 fully saturated rings. The second kappa shape index (κ2) is 4.00. The van der Waals surface area contributed by atoms with E-state index >= 15 is 0 Å². The first-order chi connectivity index (χ1) is 9.61. The molecule has 1 aliphatic heterocycles. The van der Waals surface area contributed by atoms with Crippen LogP contribution in [0.2, 0.25) is 0 Å². The highest BCUT2D eigenvalue weighted by molar-refractivity contribution is 5.53. The Kier molecular flexibility index (Phi) is 2.65. The molecule has 112 valence electrons. The zero-order valence-electron chi connectivity index (χ0n) is 13.4. The lowest BCUT2D eigenvalue weighted by Crippen LogP contribution is -2.36. The molecule has 0 N–H and O–H groups in total. The highest BCUT2D eigenvalue weighted by Crippen LogP contribution is 2.38. The van der Waals surface area contributed by atoms with Crippen molar-refractivity contribution < 1.29 is 4.74 Å². The third-order valence-electron chi connectivity index (χ3n) is 3.89. The van der Waals surface area contributed by atoms with Crippen molar-refractivity contribution in [3.05, 3.63) is 40.1 Å². The van der Waals surface area contributed by atoms with Crippen molar-refractivity contribution in [3.8, 4) is 11.4 Å². The molecule has 1 aromatic heterocycles. The van der Waals surface area contributed by atoms with E-state index in [2.05, 4.69) is 31.9 Å². The first kappa shape index (κ1) is 13.9. The minimum absolute atomic E-state index is 0.00791. The lowest BCUT2D eigenvalue weighted by molar-refractivity contribution is 0.0861. The number of fused-ring (bicyclic) bond motifs is 3. The number of hydrogen-bond acceptors (Lipinski definition) is 3. The van der Waals surface area contributed by atoms with Crippen LogP contribution in [0.3, 0.4) is 0 Å². The largest absolute Gasteiger partial charge is 0.478 e. The molecule has 0 atom stereocenters. The van der Waals surface area contributed by atoms with E-state index in [0.717, 1.165) is 17.0 Å². The number of nitrogens with zero attached hydrogens (tertiary/aromatic N) is 3. The summed E-state index contributed by atoms with van der Waals surface area (Å²) in [6, 6.07) is 6.03. The smallest absolute Gasteiger partial charge is 0.350 e. The van der Waals surface area contributed by atoms with Crippen molar-refractivity contribution in [2.24, 2.45) is 7.05 Å². The first-order valence-corrected chi connectivity index (χ1v) is 7.12. The van der Waals surface area contributed by atoms with E-state index in [4.69, 9.17) is 4.74 Å². The van der Waals surface area contributed by atoms with Gasteiger partial charge in [-0.1, -0.05) is 26.8 Å². The van der Waals surface area contributed by atoms with Gasteiger partial charge in [-0.3, -0.25) is 0 Å². The molecule has 0 unspecified atom stereocenters. The van der Waals surface area contributed by atoms with Crippen LogP contribution in [0.1, 0.15) is 46.0 Å². The summed E-state index contributed by atoms with van der Waals surface area (Å²) in [6.45, 7) is 10.3. The van der Waals surface area contributed by atoms with E-state index in [1.54, 1.807) is 11.6 Å². The second-order valence-corrected chi connectivity index (χ2v) is 7.11. The van der Waals surface area contributed by atoms with E-state index in [1.165, 1.54) is 4.68 Å². The third kappa shape index (κ3) is 1.99. The normalized spacial score (nSPS) is 16.1. The molecule has 5 nitrogen and oxygen atoms in total. The van der Waals surface area contributed by atoms with E-state index < -0.39 is 5.60 Å². The molecule has 1 aromatic carbocycles. The van der Waals surface area contributed by atoms with Gasteiger partial charge in [-0.25, -0.2) is 14.0 Å². The lowest BCUT2D eigenvalue weighted by Gasteiger charge is -2.32. The van der Waals surface area contributed by atoms with Gasteiger partial charge >= 0.3 is 5.69 Å². The summed E-state index contributed by atoms with van der Waals surface area (Å²) in [7, 11) is 1.66. The molecule has 0 spiro atoms. The fourth-order valence-corrected chi connectivity index (χ4v) is 2.64. The van der Waals surface area contributed by atoms with Gasteiger partial charge in [0.15, 0.2) is 11.4 Å². The molecule has 3 rings (SSSR count). The van der Waals surface area contributed by atoms with Gasteiger partial charge in [-0.2, -0.15) is 5.10 Å². The second-order valence-electron chi connectivity index (χ2n) is 7.11. The number of ether oxygens (including phenoxy) is 1. The van der Waals surface area contributed by atoms with Crippen molar-refractivity contribution in [1.29, 1.82) is 0 Å². The zero-order valence-corrected chi connectivity index (χ0v) is 13.4. The molecular formula is C16H21N3O2. The summed E-state index contributed by atoms with van der Waals surface area (Å²) in [5.41, 5.74) is 1.17. The topological polar surface area (TPSA) is 49.0 Å². The highest BCUT2D eigenvalue weighted by atomic mass is 16.5. The van der Waals surface area contributed by atoms with Crippen LogP contribution in [0.4, 0.5) is 0 Å². The molecule has 1 aliphatic rings. The molecule has 0 bridgehead atoms. The van der Waals surface area contributed by atoms with E-state index in [-0.39, 0.29) is 11.1 Å². The summed E-state index contributed by atoms with van der Waals surface area (Å²) in [4.78, 5) is 12.4. The van der Waals surface area contributed by atoms with Crippen LogP contribution in [0, 0.1) is 0 Å². The predicted octanol–water partition coefficient (Wildman–Crippen LogP) is 2.50. The Morgan fingerprint density at radius 1 is 1.24 bits per heavy atom. The van der Waals surface area contributed by atoms with Crippen molar-refractivity contribution >= 4 is 0 Å². The maximum Gasteiger partial charge on any atom is 0.350 e. The number of aromatic nitrogens is 3. The Hall–Kier alpha value is -2.04. The SMILES string of the molecule is Cn1nc2n(c1=O)-c1cc(C(C)(C)C)ccc1OC2(C)C. The molecule has 0 radical (unpaired) electrons. The average molecular weight is 287 g/mol. The number of benzene rings is 1. The van der Waals surface area contributed by atoms with Crippen LogP contribution in [0.25, 0.3) is 5.69 Å². The summed E-state index contributed by atoms with van der Waals surface area (Å²) >= 11 is 0. The Morgan fingerprint density at radius 3 is 2.52 bits per heavy atom. The zero-order chi connectivity index (χ0) is 15.6. The summed E-state index contributed by atoms with van der Waals surface area (Å²) in [5, 5.41) is 4.34. The molecule has 2 aromatic rings. The monoisotopic (exact) mass is 287 g/mol. The Labute approximate surface area is 124 Å². The number of rotatable bonds is 0. The van der Waals surface area contributed by atoms with Crippen molar-refractivity contribution in [2.45, 2.75) is 45.6 Å². The van der Waals surface area contributed by atoms with Gasteiger partial charge in [0.1, 0.15) is 5.75 Å². The van der Waals surface area contributed by atoms with Gasteiger partial charge in [-0.05, 0) is 37.0 Å². The van der Waals surface area contributed by atoms with Crippen LogP contribution in [-0.2, 0) is 18.1 Å². The Balaban J connectivity index is 2.33. The van der Waals surface area contributed by atoms with Gasteiger partial charge in [-0.15, -0.1) is 0 Å². The minimum atomic E-state index is -0.628. The molecule has 2 heterocycles. The minimum Gasteiger partial charge on any atom is -0.478 e. The standard InChI is InChI=1S/C16H21N3O2/c1-15(2,3)10-7-8-12-11(9-10)19-13(16(4,5)21-12)17-18(6)14(19)20/h7-9H,1-6H3. The van der Waals surface area contributed by atoms with E-state index in [1.807, 2.05) is 26.0 Å². The van der Waals surface area contributed by atoms with Crippen LogP contribution in [0.15, 0.2) is 23.0 Å². The summed E-state index contributed by atoms with van der Waals surface area (Å²) in [5.74, 6) is 1.35. The van der Waals surface area contributed by atoms with Gasteiger partial charge in [0.2, 0.25) is 0 Å². The fourth-order valence-electron chi connectivity index (χ4n) is 2.64. The van der Waals surface area contributed by atoms with Crippen molar-refractivity contribution in [3.63, 3.8) is 0 Å². The Morgan fingerprint density at radius 2 is 1.90 bits per heavy atom. The van der Waals surface area contributed by atoms with Crippen molar-refractivity contribution in [2.75, 3.05) is 0 Å². The molecule has 5 heteroatoms. The summed E-state index contributed by atoms with van der Waals surface area (Å²) in [6.07, 6.45) is 0.